The fourth-order valence-corrected chi connectivity index (χ4v) is 6.12. The van der Waals surface area contributed by atoms with Crippen LogP contribution in [0.15, 0.2) is 17.2 Å². The largest absolute Gasteiger partial charge is 0.333 e. The summed E-state index contributed by atoms with van der Waals surface area (Å²) in [6, 6.07) is 0.968. The summed E-state index contributed by atoms with van der Waals surface area (Å²) < 4.78 is 57.0. The van der Waals surface area contributed by atoms with Gasteiger partial charge in [0.25, 0.3) is 15.9 Å². The highest BCUT2D eigenvalue weighted by Gasteiger charge is 2.44. The number of carbonyl (C=O) groups excluding carboxylic acids is 1. The molecule has 0 fully saturated rings. The molecule has 10 heteroatoms. The van der Waals surface area contributed by atoms with Crippen LogP contribution in [0, 0.1) is 0 Å². The number of alkyl halides is 2. The van der Waals surface area contributed by atoms with Crippen molar-refractivity contribution in [2.45, 2.75) is 68.7 Å². The van der Waals surface area contributed by atoms with Crippen LogP contribution >= 0.6 is 0 Å². The lowest BCUT2D eigenvalue weighted by molar-refractivity contribution is -0.0393. The van der Waals surface area contributed by atoms with Crippen LogP contribution in [0.4, 0.5) is 19.3 Å². The number of halogens is 2. The third-order valence-electron chi connectivity index (χ3n) is 6.26. The average molecular weight is 436 g/mol. The van der Waals surface area contributed by atoms with Gasteiger partial charge in [0.2, 0.25) is 0 Å². The predicted molar refractivity (Wildman–Crippen MR) is 105 cm³/mol. The number of rotatable bonds is 3. The quantitative estimate of drug-likeness (QED) is 0.773. The highest BCUT2D eigenvalue weighted by Crippen LogP contribution is 2.40. The van der Waals surface area contributed by atoms with Crippen molar-refractivity contribution < 1.29 is 22.0 Å². The summed E-state index contributed by atoms with van der Waals surface area (Å²) in [7, 11) is -4.50. The second-order valence-corrected chi connectivity index (χ2v) is 9.83. The summed E-state index contributed by atoms with van der Waals surface area (Å²) in [6.45, 7) is 0.216. The molecule has 2 N–H and O–H groups in total. The molecule has 0 bridgehead atoms. The molecular formula is C20H22F2N4O3S. The Morgan fingerprint density at radius 2 is 1.80 bits per heavy atom. The zero-order valence-corrected chi connectivity index (χ0v) is 17.1. The fraction of sp³-hybridized carbons (Fsp3) is 0.500. The number of hydrogen-bond donors (Lipinski definition) is 2. The van der Waals surface area contributed by atoms with Gasteiger partial charge in [0, 0.05) is 18.7 Å². The summed E-state index contributed by atoms with van der Waals surface area (Å²) in [5, 5.41) is 6.43. The van der Waals surface area contributed by atoms with E-state index in [1.807, 2.05) is 10.8 Å². The van der Waals surface area contributed by atoms with Crippen LogP contribution in [0.2, 0.25) is 0 Å². The van der Waals surface area contributed by atoms with E-state index in [-0.39, 0.29) is 13.0 Å². The zero-order valence-electron chi connectivity index (χ0n) is 16.3. The molecule has 1 aromatic carbocycles. The summed E-state index contributed by atoms with van der Waals surface area (Å²) >= 11 is 0. The number of carbonyl (C=O) groups is 1. The Labute approximate surface area is 172 Å². The molecule has 2 heterocycles. The zero-order chi connectivity index (χ0) is 21.1. The lowest BCUT2D eigenvalue weighted by Crippen LogP contribution is -2.36. The third kappa shape index (κ3) is 3.08. The van der Waals surface area contributed by atoms with E-state index in [0.717, 1.165) is 55.0 Å². The summed E-state index contributed by atoms with van der Waals surface area (Å²) in [5.74, 6) is -3.31. The van der Waals surface area contributed by atoms with Gasteiger partial charge in [0.1, 0.15) is 10.6 Å². The number of urea groups is 1. The number of anilines is 1. The van der Waals surface area contributed by atoms with Gasteiger partial charge < -0.3 is 5.32 Å². The van der Waals surface area contributed by atoms with Crippen molar-refractivity contribution in [3.63, 3.8) is 0 Å². The number of nitrogens with zero attached hydrogens (tertiary/aromatic N) is 2. The molecule has 0 radical (unpaired) electrons. The maximum absolute atomic E-state index is 14.3. The van der Waals surface area contributed by atoms with Gasteiger partial charge in [-0.15, -0.1) is 0 Å². The summed E-state index contributed by atoms with van der Waals surface area (Å²) in [6.07, 6.45) is 6.49. The Bertz CT molecular complexity index is 1160. The Balaban J connectivity index is 1.41. The number of aryl methyl sites for hydroxylation is 2. The predicted octanol–water partition coefficient (Wildman–Crippen LogP) is 3.26. The first kappa shape index (κ1) is 19.5. The number of sulfonamides is 1. The van der Waals surface area contributed by atoms with E-state index in [1.54, 1.807) is 0 Å². The minimum atomic E-state index is -4.50. The highest BCUT2D eigenvalue weighted by molar-refractivity contribution is 7.90. The first-order chi connectivity index (χ1) is 14.3. The number of amides is 2. The van der Waals surface area contributed by atoms with Crippen LogP contribution < -0.4 is 10.0 Å². The lowest BCUT2D eigenvalue weighted by Gasteiger charge is -2.24. The first-order valence-electron chi connectivity index (χ1n) is 10.2. The van der Waals surface area contributed by atoms with Gasteiger partial charge in [0.15, 0.2) is 0 Å². The van der Waals surface area contributed by atoms with E-state index in [1.165, 1.54) is 16.7 Å². The molecule has 2 aliphatic carbocycles. The average Bonchev–Trinajstić information content (AvgIpc) is 3.39. The van der Waals surface area contributed by atoms with Crippen molar-refractivity contribution in [3.05, 3.63) is 40.2 Å². The molecule has 1 aromatic heterocycles. The van der Waals surface area contributed by atoms with Gasteiger partial charge in [-0.1, -0.05) is 0 Å². The second kappa shape index (κ2) is 6.76. The molecule has 1 aliphatic heterocycles. The molecule has 7 nitrogen and oxygen atoms in total. The highest BCUT2D eigenvalue weighted by atomic mass is 32.2. The monoisotopic (exact) mass is 436 g/mol. The van der Waals surface area contributed by atoms with E-state index < -0.39 is 39.0 Å². The molecule has 2 amide bonds. The topological polar surface area (TPSA) is 93.1 Å². The maximum atomic E-state index is 14.3. The van der Waals surface area contributed by atoms with E-state index in [4.69, 9.17) is 0 Å². The van der Waals surface area contributed by atoms with E-state index in [9.17, 15) is 22.0 Å². The van der Waals surface area contributed by atoms with Crippen molar-refractivity contribution in [1.82, 2.24) is 14.5 Å². The number of benzene rings is 1. The van der Waals surface area contributed by atoms with Crippen LogP contribution in [0.25, 0.3) is 0 Å². The number of aromatic nitrogens is 2. The first-order valence-corrected chi connectivity index (χ1v) is 11.7. The van der Waals surface area contributed by atoms with Crippen LogP contribution in [0.1, 0.15) is 53.6 Å². The van der Waals surface area contributed by atoms with Crippen molar-refractivity contribution in [1.29, 1.82) is 0 Å². The standard InChI is InChI=1S/C20H22F2N4O3S/c21-20(22)8-3-9-26-18(20)17(11-23-26)30(28,29)25-19(27)24-16-10-12-4-1-5-13(12)14-6-2-7-15(14)16/h10-11H,1-9H2,(H2,24,25,27). The molecule has 0 saturated heterocycles. The van der Waals surface area contributed by atoms with Crippen molar-refractivity contribution in [3.8, 4) is 0 Å². The minimum absolute atomic E-state index is 0.207. The van der Waals surface area contributed by atoms with Crippen molar-refractivity contribution in [2.75, 3.05) is 5.32 Å². The van der Waals surface area contributed by atoms with E-state index in [0.29, 0.717) is 5.69 Å². The SMILES string of the molecule is O=C(Nc1cc2c(c3c1CCC3)CCC2)NS(=O)(=O)c1cnn2c1C(F)(F)CCC2. The lowest BCUT2D eigenvalue weighted by atomic mass is 9.98. The van der Waals surface area contributed by atoms with E-state index >= 15 is 0 Å². The molecule has 0 saturated carbocycles. The molecule has 0 atom stereocenters. The summed E-state index contributed by atoms with van der Waals surface area (Å²) in [5.41, 5.74) is 4.84. The molecule has 5 rings (SSSR count). The van der Waals surface area contributed by atoms with Crippen molar-refractivity contribution in [2.24, 2.45) is 0 Å². The van der Waals surface area contributed by atoms with Gasteiger partial charge in [-0.3, -0.25) is 4.68 Å². The van der Waals surface area contributed by atoms with Gasteiger partial charge in [0.05, 0.1) is 6.20 Å². The normalized spacial score (nSPS) is 19.1. The molecular weight excluding hydrogens is 414 g/mol. The van der Waals surface area contributed by atoms with Crippen LogP contribution in [0.5, 0.6) is 0 Å². The Hall–Kier alpha value is -2.49. The number of nitrogens with one attached hydrogen (secondary N) is 2. The molecule has 3 aliphatic rings. The van der Waals surface area contributed by atoms with Gasteiger partial charge in [-0.25, -0.2) is 17.9 Å². The Morgan fingerprint density at radius 3 is 2.63 bits per heavy atom. The molecule has 30 heavy (non-hydrogen) atoms. The Morgan fingerprint density at radius 1 is 1.07 bits per heavy atom. The number of fused-ring (bicyclic) bond motifs is 4. The Kier molecular flexibility index (Phi) is 4.39. The van der Waals surface area contributed by atoms with Crippen molar-refractivity contribution >= 4 is 21.7 Å². The fourth-order valence-electron chi connectivity index (χ4n) is 5.02. The summed E-state index contributed by atoms with van der Waals surface area (Å²) in [4.78, 5) is 11.9. The van der Waals surface area contributed by atoms with Gasteiger partial charge in [-0.05, 0) is 73.3 Å². The minimum Gasteiger partial charge on any atom is -0.307 e. The molecule has 160 valence electrons. The van der Waals surface area contributed by atoms with Crippen LogP contribution in [0.3, 0.4) is 0 Å². The van der Waals surface area contributed by atoms with E-state index in [2.05, 4.69) is 10.4 Å². The molecule has 2 aromatic rings. The smallest absolute Gasteiger partial charge is 0.307 e. The third-order valence-corrected chi connectivity index (χ3v) is 7.60. The molecule has 0 unspecified atom stereocenters. The van der Waals surface area contributed by atoms with Gasteiger partial charge in [-0.2, -0.15) is 13.9 Å². The van der Waals surface area contributed by atoms with Crippen LogP contribution in [-0.4, -0.2) is 24.2 Å². The van der Waals surface area contributed by atoms with Gasteiger partial charge >= 0.3 is 6.03 Å². The molecule has 0 spiro atoms. The van der Waals surface area contributed by atoms with Crippen LogP contribution in [-0.2, 0) is 48.2 Å². The second-order valence-electron chi connectivity index (χ2n) is 8.17. The maximum Gasteiger partial charge on any atom is 0.333 e. The number of hydrogen-bond acceptors (Lipinski definition) is 4.